The number of aromatic amines is 1. The van der Waals surface area contributed by atoms with E-state index in [0.717, 1.165) is 16.5 Å². The molecule has 1 aromatic carbocycles. The minimum atomic E-state index is -0.0360. The van der Waals surface area contributed by atoms with Gasteiger partial charge in [-0.25, -0.2) is 0 Å². The quantitative estimate of drug-likeness (QED) is 0.543. The van der Waals surface area contributed by atoms with Crippen LogP contribution in [0, 0.1) is 11.8 Å². The van der Waals surface area contributed by atoms with Gasteiger partial charge < -0.3 is 11.1 Å². The highest BCUT2D eigenvalue weighted by atomic mass is 16.1. The molecule has 0 aliphatic rings. The van der Waals surface area contributed by atoms with Crippen molar-refractivity contribution in [1.82, 2.24) is 15.5 Å². The molecule has 0 saturated heterocycles. The van der Waals surface area contributed by atoms with Gasteiger partial charge in [0.1, 0.15) is 0 Å². The average molecular weight is 242 g/mol. The molecule has 1 heterocycles. The first-order valence-corrected chi connectivity index (χ1v) is 5.64. The van der Waals surface area contributed by atoms with E-state index in [1.54, 1.807) is 0 Å². The first-order chi connectivity index (χ1) is 8.66. The number of rotatable bonds is 2. The number of hydrogen-bond donors (Lipinski definition) is 3. The van der Waals surface area contributed by atoms with Gasteiger partial charge in [0.05, 0.1) is 5.52 Å². The summed E-state index contributed by atoms with van der Waals surface area (Å²) in [7, 11) is 0. The third kappa shape index (κ3) is 2.80. The molecule has 0 aliphatic carbocycles. The first-order valence-electron chi connectivity index (χ1n) is 5.64. The molecule has 0 saturated carbocycles. The number of carbonyl (C=O) groups is 1. The molecule has 1 aromatic heterocycles. The van der Waals surface area contributed by atoms with Gasteiger partial charge in [-0.2, -0.15) is 5.10 Å². The number of nitrogen functional groups attached to an aromatic ring is 1. The van der Waals surface area contributed by atoms with Crippen LogP contribution >= 0.6 is 0 Å². The van der Waals surface area contributed by atoms with Crippen LogP contribution in [0.25, 0.3) is 10.9 Å². The summed E-state index contributed by atoms with van der Waals surface area (Å²) in [6.45, 7) is 2.06. The van der Waals surface area contributed by atoms with Gasteiger partial charge in [-0.3, -0.25) is 9.89 Å². The minimum Gasteiger partial charge on any atom is -0.382 e. The zero-order valence-corrected chi connectivity index (χ0v) is 10.1. The number of amides is 1. The van der Waals surface area contributed by atoms with Gasteiger partial charge in [-0.1, -0.05) is 11.8 Å². The van der Waals surface area contributed by atoms with Crippen molar-refractivity contribution in [1.29, 1.82) is 0 Å². The molecule has 2 rings (SSSR count). The number of aromatic nitrogens is 2. The second-order valence-electron chi connectivity index (χ2n) is 3.90. The largest absolute Gasteiger partial charge is 0.382 e. The normalized spacial score (nSPS) is 9.83. The molecule has 92 valence electrons. The number of H-pyrrole nitrogens is 1. The van der Waals surface area contributed by atoms with Crippen molar-refractivity contribution in [3.63, 3.8) is 0 Å². The van der Waals surface area contributed by atoms with Gasteiger partial charge in [0, 0.05) is 30.8 Å². The first kappa shape index (κ1) is 12.0. The lowest BCUT2D eigenvalue weighted by Gasteiger charge is -1.95. The van der Waals surface area contributed by atoms with Crippen LogP contribution < -0.4 is 11.1 Å². The van der Waals surface area contributed by atoms with Gasteiger partial charge in [0.2, 0.25) is 5.91 Å². The van der Waals surface area contributed by atoms with Crippen LogP contribution in [0.15, 0.2) is 18.2 Å². The highest BCUT2D eigenvalue weighted by Crippen LogP contribution is 2.18. The van der Waals surface area contributed by atoms with Crippen molar-refractivity contribution >= 4 is 22.6 Å². The topological polar surface area (TPSA) is 83.8 Å². The molecule has 0 aliphatic heterocycles. The Morgan fingerprint density at radius 2 is 2.39 bits per heavy atom. The second kappa shape index (κ2) is 5.23. The summed E-state index contributed by atoms with van der Waals surface area (Å²) in [6, 6.07) is 5.70. The van der Waals surface area contributed by atoms with E-state index in [9.17, 15) is 4.79 Å². The maximum atomic E-state index is 10.6. The van der Waals surface area contributed by atoms with Crippen molar-refractivity contribution in [3.05, 3.63) is 23.8 Å². The molecule has 0 atom stereocenters. The van der Waals surface area contributed by atoms with Crippen LogP contribution in [0.5, 0.6) is 0 Å². The van der Waals surface area contributed by atoms with Gasteiger partial charge in [-0.05, 0) is 18.2 Å². The Balaban J connectivity index is 2.03. The molecule has 0 bridgehead atoms. The Morgan fingerprint density at radius 1 is 1.56 bits per heavy atom. The highest BCUT2D eigenvalue weighted by Gasteiger charge is 2.00. The number of carbonyl (C=O) groups excluding carboxylic acids is 1. The summed E-state index contributed by atoms with van der Waals surface area (Å²) in [5.74, 6) is 6.49. The Morgan fingerprint density at radius 3 is 3.17 bits per heavy atom. The monoisotopic (exact) mass is 242 g/mol. The number of nitrogens with zero attached hydrogens (tertiary/aromatic N) is 1. The lowest BCUT2D eigenvalue weighted by Crippen LogP contribution is -2.20. The number of fused-ring (bicyclic) bond motifs is 1. The van der Waals surface area contributed by atoms with Gasteiger partial charge in [0.25, 0.3) is 0 Å². The van der Waals surface area contributed by atoms with E-state index >= 15 is 0 Å². The zero-order chi connectivity index (χ0) is 13.0. The van der Waals surface area contributed by atoms with Crippen LogP contribution in [0.1, 0.15) is 18.9 Å². The summed E-state index contributed by atoms with van der Waals surface area (Å²) in [5, 5.41) is 10.4. The summed E-state index contributed by atoms with van der Waals surface area (Å²) in [6.07, 6.45) is 0.628. The number of anilines is 1. The number of nitrogens with two attached hydrogens (primary N) is 1. The zero-order valence-electron chi connectivity index (χ0n) is 10.1. The third-order valence-corrected chi connectivity index (χ3v) is 2.45. The maximum Gasteiger partial charge on any atom is 0.216 e. The van der Waals surface area contributed by atoms with E-state index in [2.05, 4.69) is 27.4 Å². The van der Waals surface area contributed by atoms with Crippen LogP contribution in [0.4, 0.5) is 5.82 Å². The molecule has 18 heavy (non-hydrogen) atoms. The highest BCUT2D eigenvalue weighted by molar-refractivity contribution is 5.89. The van der Waals surface area contributed by atoms with Crippen LogP contribution in [0.2, 0.25) is 0 Å². The summed E-state index contributed by atoms with van der Waals surface area (Å²) in [4.78, 5) is 10.6. The third-order valence-electron chi connectivity index (χ3n) is 2.45. The minimum absolute atomic E-state index is 0.0360. The maximum absolute atomic E-state index is 10.6. The molecule has 0 unspecified atom stereocenters. The van der Waals surface area contributed by atoms with Crippen molar-refractivity contribution in [2.75, 3.05) is 12.3 Å². The molecule has 4 N–H and O–H groups in total. The second-order valence-corrected chi connectivity index (χ2v) is 3.90. The van der Waals surface area contributed by atoms with E-state index in [-0.39, 0.29) is 5.91 Å². The predicted octanol–water partition coefficient (Wildman–Crippen LogP) is 1.02. The van der Waals surface area contributed by atoms with E-state index in [1.165, 1.54) is 6.92 Å². The van der Waals surface area contributed by atoms with Crippen molar-refractivity contribution < 1.29 is 4.79 Å². The summed E-state index contributed by atoms with van der Waals surface area (Å²) in [5.41, 5.74) is 7.45. The van der Waals surface area contributed by atoms with Crippen LogP contribution in [-0.4, -0.2) is 22.6 Å². The average Bonchev–Trinajstić information content (AvgIpc) is 2.70. The molecule has 2 aromatic rings. The Bertz CT molecular complexity index is 633. The smallest absolute Gasteiger partial charge is 0.216 e. The SMILES string of the molecule is CC(=O)NCCC#Cc1ccc2c(N)n[nH]c2c1. The lowest BCUT2D eigenvalue weighted by atomic mass is 10.1. The van der Waals surface area contributed by atoms with Crippen molar-refractivity contribution in [2.45, 2.75) is 13.3 Å². The van der Waals surface area contributed by atoms with Gasteiger partial charge in [-0.15, -0.1) is 0 Å². The fourth-order valence-corrected chi connectivity index (χ4v) is 1.58. The van der Waals surface area contributed by atoms with Crippen molar-refractivity contribution in [3.8, 4) is 11.8 Å². The standard InChI is InChI=1S/C13H14N4O/c1-9(18)15-7-3-2-4-10-5-6-11-12(8-10)16-17-13(11)14/h5-6,8H,3,7H2,1H3,(H,15,18)(H3,14,16,17). The van der Waals surface area contributed by atoms with E-state index < -0.39 is 0 Å². The predicted molar refractivity (Wildman–Crippen MR) is 70.7 cm³/mol. The van der Waals surface area contributed by atoms with Crippen molar-refractivity contribution in [2.24, 2.45) is 0 Å². The van der Waals surface area contributed by atoms with Gasteiger partial charge >= 0.3 is 0 Å². The lowest BCUT2D eigenvalue weighted by molar-refractivity contribution is -0.118. The number of nitrogens with one attached hydrogen (secondary N) is 2. The molecule has 0 radical (unpaired) electrons. The number of benzene rings is 1. The fraction of sp³-hybridized carbons (Fsp3) is 0.231. The van der Waals surface area contributed by atoms with E-state index in [0.29, 0.717) is 18.8 Å². The molecule has 1 amide bonds. The molecule has 5 nitrogen and oxygen atoms in total. The number of hydrogen-bond acceptors (Lipinski definition) is 3. The fourth-order valence-electron chi connectivity index (χ4n) is 1.58. The molecular weight excluding hydrogens is 228 g/mol. The molecular formula is C13H14N4O. The Labute approximate surface area is 105 Å². The van der Waals surface area contributed by atoms with Gasteiger partial charge in [0.15, 0.2) is 5.82 Å². The molecule has 0 spiro atoms. The van der Waals surface area contributed by atoms with E-state index in [1.807, 2.05) is 18.2 Å². The Hall–Kier alpha value is -2.48. The van der Waals surface area contributed by atoms with Crippen LogP contribution in [0.3, 0.4) is 0 Å². The van der Waals surface area contributed by atoms with E-state index in [4.69, 9.17) is 5.73 Å². The molecule has 5 heteroatoms. The molecule has 0 fully saturated rings. The van der Waals surface area contributed by atoms with Crippen LogP contribution in [-0.2, 0) is 4.79 Å². The summed E-state index contributed by atoms with van der Waals surface area (Å²) >= 11 is 0. The summed E-state index contributed by atoms with van der Waals surface area (Å²) < 4.78 is 0. The Kier molecular flexibility index (Phi) is 3.49.